The summed E-state index contributed by atoms with van der Waals surface area (Å²) in [6, 6.07) is 4.05. The van der Waals surface area contributed by atoms with Crippen molar-refractivity contribution in [1.29, 1.82) is 0 Å². The van der Waals surface area contributed by atoms with Gasteiger partial charge in [-0.1, -0.05) is 34.8 Å². The maximum atomic E-state index is 11.6. The van der Waals surface area contributed by atoms with Crippen molar-refractivity contribution in [2.75, 3.05) is 0 Å². The lowest BCUT2D eigenvalue weighted by Gasteiger charge is -2.11. The van der Waals surface area contributed by atoms with Crippen molar-refractivity contribution in [3.63, 3.8) is 0 Å². The highest BCUT2D eigenvalue weighted by molar-refractivity contribution is 7.97. The van der Waals surface area contributed by atoms with E-state index in [-0.39, 0.29) is 10.6 Å². The molecule has 9 heteroatoms. The van der Waals surface area contributed by atoms with Crippen LogP contribution in [0.2, 0.25) is 0 Å². The van der Waals surface area contributed by atoms with E-state index in [4.69, 9.17) is 34.8 Å². The van der Waals surface area contributed by atoms with E-state index in [1.54, 1.807) is 0 Å². The van der Waals surface area contributed by atoms with Gasteiger partial charge in [0.15, 0.2) is 0 Å². The van der Waals surface area contributed by atoms with Gasteiger partial charge in [-0.05, 0) is 12.1 Å². The molecule has 0 saturated carbocycles. The number of halogens is 3. The molecule has 16 heavy (non-hydrogen) atoms. The standard InChI is InChI=1S/C7H4Cl3NO4S/c8-7(9,10)16(14,15)6-3-1-5(2-4-6)11(12)13/h1-4H. The minimum atomic E-state index is -4.15. The fraction of sp³-hybridized carbons (Fsp3) is 0.143. The van der Waals surface area contributed by atoms with Gasteiger partial charge in [0.25, 0.3) is 8.81 Å². The van der Waals surface area contributed by atoms with Crippen LogP contribution in [0.4, 0.5) is 5.69 Å². The second-order valence-electron chi connectivity index (χ2n) is 2.70. The summed E-state index contributed by atoms with van der Waals surface area (Å²) in [7, 11) is -4.15. The van der Waals surface area contributed by atoms with Crippen molar-refractivity contribution in [1.82, 2.24) is 0 Å². The van der Waals surface area contributed by atoms with Crippen LogP contribution in [0, 0.1) is 10.1 Å². The first-order chi connectivity index (χ1) is 7.16. The van der Waals surface area contributed by atoms with Crippen LogP contribution in [-0.4, -0.2) is 16.5 Å². The van der Waals surface area contributed by atoms with Crippen molar-refractivity contribution in [2.24, 2.45) is 0 Å². The molecule has 1 rings (SSSR count). The summed E-state index contributed by atoms with van der Waals surface area (Å²) >= 11 is 15.8. The number of alkyl halides is 3. The Hall–Kier alpha value is -0.560. The summed E-state index contributed by atoms with van der Waals surface area (Å²) < 4.78 is 20.6. The molecule has 0 spiro atoms. The first kappa shape index (κ1) is 13.5. The minimum absolute atomic E-state index is 0.247. The Labute approximate surface area is 106 Å². The van der Waals surface area contributed by atoms with E-state index in [2.05, 4.69) is 0 Å². The van der Waals surface area contributed by atoms with Crippen LogP contribution < -0.4 is 0 Å². The third-order valence-electron chi connectivity index (χ3n) is 1.66. The van der Waals surface area contributed by atoms with Gasteiger partial charge in [-0.3, -0.25) is 10.1 Å². The van der Waals surface area contributed by atoms with E-state index < -0.39 is 17.9 Å². The number of nitrogens with zero attached hydrogens (tertiary/aromatic N) is 1. The van der Waals surface area contributed by atoms with Crippen molar-refractivity contribution in [3.8, 4) is 0 Å². The van der Waals surface area contributed by atoms with E-state index in [1.807, 2.05) is 0 Å². The zero-order valence-corrected chi connectivity index (χ0v) is 10.5. The second kappa shape index (κ2) is 4.37. The number of rotatable bonds is 2. The Morgan fingerprint density at radius 2 is 1.56 bits per heavy atom. The van der Waals surface area contributed by atoms with Crippen LogP contribution in [0.1, 0.15) is 0 Å². The molecular weight excluding hydrogens is 301 g/mol. The van der Waals surface area contributed by atoms with Gasteiger partial charge < -0.3 is 0 Å². The number of nitro benzene ring substituents is 1. The maximum absolute atomic E-state index is 11.6. The van der Waals surface area contributed by atoms with Crippen molar-refractivity contribution >= 4 is 50.3 Å². The van der Waals surface area contributed by atoms with E-state index in [0.29, 0.717) is 0 Å². The van der Waals surface area contributed by atoms with E-state index in [9.17, 15) is 18.5 Å². The number of hydrogen-bond donors (Lipinski definition) is 0. The molecule has 1 aromatic rings. The Bertz CT molecular complexity index is 505. The molecule has 0 heterocycles. The Morgan fingerprint density at radius 3 is 1.88 bits per heavy atom. The third-order valence-corrected chi connectivity index (χ3v) is 4.99. The Balaban J connectivity index is 3.23. The normalized spacial score (nSPS) is 12.4. The molecule has 5 nitrogen and oxygen atoms in total. The predicted octanol–water partition coefficient (Wildman–Crippen LogP) is 2.70. The molecule has 0 radical (unpaired) electrons. The lowest BCUT2D eigenvalue weighted by molar-refractivity contribution is -0.384. The maximum Gasteiger partial charge on any atom is 0.296 e. The average molecular weight is 305 g/mol. The number of nitro groups is 1. The van der Waals surface area contributed by atoms with Gasteiger partial charge in [0.1, 0.15) is 0 Å². The van der Waals surface area contributed by atoms with Crippen molar-refractivity contribution in [3.05, 3.63) is 34.4 Å². The number of hydrogen-bond acceptors (Lipinski definition) is 4. The lowest BCUT2D eigenvalue weighted by Crippen LogP contribution is -2.19. The summed E-state index contributed by atoms with van der Waals surface area (Å²) in [6.45, 7) is 0. The Morgan fingerprint density at radius 1 is 1.12 bits per heavy atom. The molecule has 0 atom stereocenters. The number of benzene rings is 1. The van der Waals surface area contributed by atoms with E-state index in [1.165, 1.54) is 0 Å². The zero-order valence-electron chi connectivity index (χ0n) is 7.43. The molecule has 0 aliphatic heterocycles. The molecule has 0 aromatic heterocycles. The fourth-order valence-corrected chi connectivity index (χ4v) is 2.44. The molecule has 0 N–H and O–H groups in total. The van der Waals surface area contributed by atoms with Crippen molar-refractivity contribution < 1.29 is 13.3 Å². The molecule has 0 aliphatic carbocycles. The molecule has 88 valence electrons. The lowest BCUT2D eigenvalue weighted by atomic mass is 10.3. The highest BCUT2D eigenvalue weighted by Gasteiger charge is 2.39. The van der Waals surface area contributed by atoms with E-state index >= 15 is 0 Å². The van der Waals surface area contributed by atoms with E-state index in [0.717, 1.165) is 24.3 Å². The molecular formula is C7H4Cl3NO4S. The van der Waals surface area contributed by atoms with Crippen LogP contribution in [-0.2, 0) is 9.84 Å². The van der Waals surface area contributed by atoms with Crippen LogP contribution in [0.3, 0.4) is 0 Å². The molecule has 0 amide bonds. The molecule has 0 saturated heterocycles. The molecule has 0 bridgehead atoms. The predicted molar refractivity (Wildman–Crippen MR) is 60.6 cm³/mol. The second-order valence-corrected chi connectivity index (χ2v) is 7.74. The third kappa shape index (κ3) is 2.57. The topological polar surface area (TPSA) is 77.3 Å². The van der Waals surface area contributed by atoms with Crippen molar-refractivity contribution in [2.45, 2.75) is 8.02 Å². The largest absolute Gasteiger partial charge is 0.296 e. The first-order valence-electron chi connectivity index (χ1n) is 3.72. The summed E-state index contributed by atoms with van der Waals surface area (Å²) in [5, 5.41) is 10.3. The highest BCUT2D eigenvalue weighted by Crippen LogP contribution is 2.37. The fourth-order valence-electron chi connectivity index (χ4n) is 0.881. The van der Waals surface area contributed by atoms with Crippen LogP contribution in [0.5, 0.6) is 0 Å². The summed E-state index contributed by atoms with van der Waals surface area (Å²) in [4.78, 5) is 9.38. The van der Waals surface area contributed by atoms with Crippen LogP contribution in [0.25, 0.3) is 0 Å². The number of sulfone groups is 1. The minimum Gasteiger partial charge on any atom is -0.258 e. The first-order valence-corrected chi connectivity index (χ1v) is 6.34. The average Bonchev–Trinajstić information content (AvgIpc) is 2.16. The van der Waals surface area contributed by atoms with Crippen LogP contribution >= 0.6 is 34.8 Å². The summed E-state index contributed by atoms with van der Waals surface area (Å²) in [5.41, 5.74) is -0.247. The van der Waals surface area contributed by atoms with Gasteiger partial charge in [0.2, 0.25) is 9.84 Å². The molecule has 1 aromatic carbocycles. The SMILES string of the molecule is O=[N+]([O-])c1ccc(S(=O)(=O)C(Cl)(Cl)Cl)cc1. The number of non-ortho nitro benzene ring substituents is 1. The monoisotopic (exact) mass is 303 g/mol. The highest BCUT2D eigenvalue weighted by atomic mass is 35.6. The zero-order chi connectivity index (χ0) is 12.6. The quantitative estimate of drug-likeness (QED) is 0.478. The van der Waals surface area contributed by atoms with Gasteiger partial charge in [0, 0.05) is 12.1 Å². The van der Waals surface area contributed by atoms with Gasteiger partial charge in [-0.25, -0.2) is 8.42 Å². The summed E-state index contributed by atoms with van der Waals surface area (Å²) in [6.07, 6.45) is 0. The summed E-state index contributed by atoms with van der Waals surface area (Å²) in [5.74, 6) is 0. The molecule has 0 unspecified atom stereocenters. The Kier molecular flexibility index (Phi) is 3.69. The van der Waals surface area contributed by atoms with Gasteiger partial charge >= 0.3 is 0 Å². The van der Waals surface area contributed by atoms with Gasteiger partial charge in [-0.2, -0.15) is 0 Å². The van der Waals surface area contributed by atoms with Crippen LogP contribution in [0.15, 0.2) is 29.2 Å². The smallest absolute Gasteiger partial charge is 0.258 e. The van der Waals surface area contributed by atoms with Gasteiger partial charge in [0.05, 0.1) is 9.82 Å². The van der Waals surface area contributed by atoms with Gasteiger partial charge in [-0.15, -0.1) is 0 Å². The molecule has 0 aliphatic rings. The molecule has 0 fully saturated rings.